The van der Waals surface area contributed by atoms with Gasteiger partial charge in [0.15, 0.2) is 0 Å². The van der Waals surface area contributed by atoms with Gasteiger partial charge in [-0.25, -0.2) is 0 Å². The van der Waals surface area contributed by atoms with Gasteiger partial charge in [0.25, 0.3) is 0 Å². The largest absolute Gasteiger partial charge is 0.466 e. The number of rotatable bonds is 9. The molecule has 0 aromatic heterocycles. The minimum atomic E-state index is -0.167. The van der Waals surface area contributed by atoms with Gasteiger partial charge in [0.1, 0.15) is 0 Å². The molecule has 15 heavy (non-hydrogen) atoms. The Labute approximate surface area is 93.7 Å². The second kappa shape index (κ2) is 11.3. The number of ether oxygens (including phenoxy) is 1. The summed E-state index contributed by atoms with van der Waals surface area (Å²) in [4.78, 5) is 10.4. The summed E-state index contributed by atoms with van der Waals surface area (Å²) >= 11 is 0. The zero-order chi connectivity index (χ0) is 11.4. The lowest BCUT2D eigenvalue weighted by Crippen LogP contribution is -1.99. The molecule has 0 aromatic rings. The van der Waals surface area contributed by atoms with Crippen LogP contribution in [-0.4, -0.2) is 12.6 Å². The van der Waals surface area contributed by atoms with Crippen molar-refractivity contribution < 1.29 is 9.53 Å². The molecular formula is C13H24O2. The fourth-order valence-corrected chi connectivity index (χ4v) is 1.39. The van der Waals surface area contributed by atoms with E-state index in [1.807, 2.05) is 0 Å². The van der Waals surface area contributed by atoms with Crippen LogP contribution in [0.5, 0.6) is 0 Å². The van der Waals surface area contributed by atoms with Crippen molar-refractivity contribution >= 4 is 5.97 Å². The Bertz CT molecular complexity index is 173. The molecule has 88 valence electrons. The maximum absolute atomic E-state index is 10.4. The van der Waals surface area contributed by atoms with Crippen molar-refractivity contribution in [2.45, 2.75) is 58.8 Å². The van der Waals surface area contributed by atoms with Crippen LogP contribution < -0.4 is 0 Å². The molecular weight excluding hydrogens is 188 g/mol. The highest BCUT2D eigenvalue weighted by molar-refractivity contribution is 5.65. The third kappa shape index (κ3) is 13.2. The fraction of sp³-hybridized carbons (Fsp3) is 0.769. The first-order chi connectivity index (χ1) is 7.27. The summed E-state index contributed by atoms with van der Waals surface area (Å²) in [5.41, 5.74) is 0. The maximum atomic E-state index is 10.4. The van der Waals surface area contributed by atoms with Crippen LogP contribution in [-0.2, 0) is 9.53 Å². The average Bonchev–Trinajstić information content (AvgIpc) is 2.20. The lowest BCUT2D eigenvalue weighted by molar-refractivity contribution is -0.141. The Morgan fingerprint density at radius 3 is 2.40 bits per heavy atom. The monoisotopic (exact) mass is 212 g/mol. The van der Waals surface area contributed by atoms with Crippen LogP contribution in [0.15, 0.2) is 12.2 Å². The first-order valence-corrected chi connectivity index (χ1v) is 6.05. The molecule has 0 amide bonds. The molecule has 0 aliphatic carbocycles. The molecule has 0 spiro atoms. The molecule has 0 saturated carbocycles. The van der Waals surface area contributed by atoms with E-state index in [1.165, 1.54) is 39.0 Å². The molecule has 0 aliphatic heterocycles. The van der Waals surface area contributed by atoms with Crippen molar-refractivity contribution in [2.75, 3.05) is 6.61 Å². The van der Waals surface area contributed by atoms with Gasteiger partial charge in [0.2, 0.25) is 0 Å². The minimum Gasteiger partial charge on any atom is -0.466 e. The summed E-state index contributed by atoms with van der Waals surface area (Å²) < 4.78 is 4.85. The van der Waals surface area contributed by atoms with Crippen LogP contribution in [0, 0.1) is 0 Å². The van der Waals surface area contributed by atoms with Crippen LogP contribution in [0.1, 0.15) is 58.8 Å². The number of unbranched alkanes of at least 4 members (excludes halogenated alkanes) is 5. The molecule has 0 aliphatic rings. The first kappa shape index (κ1) is 14.2. The number of carbonyl (C=O) groups excluding carboxylic acids is 1. The number of hydrogen-bond donors (Lipinski definition) is 0. The average molecular weight is 212 g/mol. The summed E-state index contributed by atoms with van der Waals surface area (Å²) in [5, 5.41) is 0. The van der Waals surface area contributed by atoms with Crippen LogP contribution >= 0.6 is 0 Å². The molecule has 0 bridgehead atoms. The lowest BCUT2D eigenvalue weighted by Gasteiger charge is -2.01. The Hall–Kier alpha value is -0.790. The molecule has 0 atom stereocenters. The molecule has 0 rings (SSSR count). The fourth-order valence-electron chi connectivity index (χ4n) is 1.39. The van der Waals surface area contributed by atoms with Gasteiger partial charge in [-0.05, 0) is 25.7 Å². The van der Waals surface area contributed by atoms with Crippen molar-refractivity contribution in [3.63, 3.8) is 0 Å². The van der Waals surface area contributed by atoms with Gasteiger partial charge in [0.05, 0.1) is 6.61 Å². The van der Waals surface area contributed by atoms with Gasteiger partial charge >= 0.3 is 5.97 Å². The second-order valence-corrected chi connectivity index (χ2v) is 3.78. The van der Waals surface area contributed by atoms with Crippen LogP contribution in [0.25, 0.3) is 0 Å². The molecule has 0 saturated heterocycles. The number of esters is 1. The predicted octanol–water partition coefficient (Wildman–Crippen LogP) is 3.86. The van der Waals surface area contributed by atoms with Crippen molar-refractivity contribution in [1.82, 2.24) is 0 Å². The SMILES string of the molecule is CCC=CCCCCCCCOC(C)=O. The van der Waals surface area contributed by atoms with Crippen molar-refractivity contribution in [1.29, 1.82) is 0 Å². The standard InChI is InChI=1S/C13H24O2/c1-3-4-5-6-7-8-9-10-11-12-15-13(2)14/h4-5H,3,6-12H2,1-2H3. The lowest BCUT2D eigenvalue weighted by atomic mass is 10.1. The molecule has 0 N–H and O–H groups in total. The first-order valence-electron chi connectivity index (χ1n) is 6.05. The van der Waals surface area contributed by atoms with E-state index in [0.29, 0.717) is 6.61 Å². The van der Waals surface area contributed by atoms with Crippen molar-refractivity contribution in [2.24, 2.45) is 0 Å². The zero-order valence-electron chi connectivity index (χ0n) is 10.1. The highest BCUT2D eigenvalue weighted by Gasteiger charge is 1.93. The Kier molecular flexibility index (Phi) is 10.7. The minimum absolute atomic E-state index is 0.167. The number of allylic oxidation sites excluding steroid dienone is 2. The van der Waals surface area contributed by atoms with E-state index in [2.05, 4.69) is 19.1 Å². The van der Waals surface area contributed by atoms with Gasteiger partial charge < -0.3 is 4.74 Å². The smallest absolute Gasteiger partial charge is 0.302 e. The van der Waals surface area contributed by atoms with E-state index in [0.717, 1.165) is 12.8 Å². The molecule has 0 unspecified atom stereocenters. The van der Waals surface area contributed by atoms with Crippen molar-refractivity contribution in [3.05, 3.63) is 12.2 Å². The van der Waals surface area contributed by atoms with Crippen LogP contribution in [0.2, 0.25) is 0 Å². The van der Waals surface area contributed by atoms with E-state index >= 15 is 0 Å². The predicted molar refractivity (Wildman–Crippen MR) is 63.8 cm³/mol. The summed E-state index contributed by atoms with van der Waals surface area (Å²) in [7, 11) is 0. The highest BCUT2D eigenvalue weighted by Crippen LogP contribution is 2.06. The van der Waals surface area contributed by atoms with E-state index in [1.54, 1.807) is 0 Å². The second-order valence-electron chi connectivity index (χ2n) is 3.78. The molecule has 2 heteroatoms. The van der Waals surface area contributed by atoms with Gasteiger partial charge in [-0.15, -0.1) is 0 Å². The van der Waals surface area contributed by atoms with Gasteiger partial charge in [-0.1, -0.05) is 38.3 Å². The molecule has 0 radical (unpaired) electrons. The van der Waals surface area contributed by atoms with E-state index in [9.17, 15) is 4.79 Å². The van der Waals surface area contributed by atoms with Gasteiger partial charge in [-0.3, -0.25) is 4.79 Å². The maximum Gasteiger partial charge on any atom is 0.302 e. The summed E-state index contributed by atoms with van der Waals surface area (Å²) in [6, 6.07) is 0. The number of carbonyl (C=O) groups is 1. The van der Waals surface area contributed by atoms with E-state index in [-0.39, 0.29) is 5.97 Å². The third-order valence-corrected chi connectivity index (χ3v) is 2.22. The van der Waals surface area contributed by atoms with Crippen molar-refractivity contribution in [3.8, 4) is 0 Å². The van der Waals surface area contributed by atoms with Gasteiger partial charge in [-0.2, -0.15) is 0 Å². The summed E-state index contributed by atoms with van der Waals surface area (Å²) in [6.07, 6.45) is 12.8. The van der Waals surface area contributed by atoms with E-state index < -0.39 is 0 Å². The zero-order valence-corrected chi connectivity index (χ0v) is 10.1. The van der Waals surface area contributed by atoms with Crippen LogP contribution in [0.3, 0.4) is 0 Å². The summed E-state index contributed by atoms with van der Waals surface area (Å²) in [6.45, 7) is 4.21. The topological polar surface area (TPSA) is 26.3 Å². The third-order valence-electron chi connectivity index (χ3n) is 2.22. The van der Waals surface area contributed by atoms with E-state index in [4.69, 9.17) is 4.74 Å². The summed E-state index contributed by atoms with van der Waals surface area (Å²) in [5.74, 6) is -0.167. The quantitative estimate of drug-likeness (QED) is 0.329. The van der Waals surface area contributed by atoms with Crippen LogP contribution in [0.4, 0.5) is 0 Å². The van der Waals surface area contributed by atoms with Gasteiger partial charge in [0, 0.05) is 6.92 Å². The molecule has 0 fully saturated rings. The molecule has 2 nitrogen and oxygen atoms in total. The highest BCUT2D eigenvalue weighted by atomic mass is 16.5. The Morgan fingerprint density at radius 2 is 1.73 bits per heavy atom. The molecule has 0 aromatic carbocycles. The number of hydrogen-bond acceptors (Lipinski definition) is 2. The Balaban J connectivity index is 2.99. The molecule has 0 heterocycles. The normalized spacial score (nSPS) is 10.8. The Morgan fingerprint density at radius 1 is 1.07 bits per heavy atom.